The van der Waals surface area contributed by atoms with Gasteiger partial charge in [0, 0.05) is 19.0 Å². The molecule has 1 rings (SSSR count). The molecule has 0 unspecified atom stereocenters. The summed E-state index contributed by atoms with van der Waals surface area (Å²) < 4.78 is 0. The van der Waals surface area contributed by atoms with E-state index in [-0.39, 0.29) is 5.91 Å². The van der Waals surface area contributed by atoms with Gasteiger partial charge in [0.1, 0.15) is 0 Å². The van der Waals surface area contributed by atoms with Crippen molar-refractivity contribution in [2.24, 2.45) is 11.8 Å². The minimum Gasteiger partial charge on any atom is -0.355 e. The van der Waals surface area contributed by atoms with Crippen molar-refractivity contribution >= 4 is 5.91 Å². The predicted molar refractivity (Wildman–Crippen MR) is 62.7 cm³/mol. The highest BCUT2D eigenvalue weighted by Gasteiger charge is 2.28. The summed E-state index contributed by atoms with van der Waals surface area (Å²) in [6.45, 7) is 7.23. The number of nitrogens with one attached hydrogen (secondary N) is 2. The minimum atomic E-state index is 0.249. The van der Waals surface area contributed by atoms with Crippen molar-refractivity contribution in [3.8, 4) is 0 Å². The topological polar surface area (TPSA) is 41.1 Å². The Morgan fingerprint density at radius 1 is 1.27 bits per heavy atom. The Labute approximate surface area is 93.0 Å². The maximum atomic E-state index is 11.2. The Kier molecular flexibility index (Phi) is 5.69. The summed E-state index contributed by atoms with van der Waals surface area (Å²) in [5.74, 6) is 1.38. The van der Waals surface area contributed by atoms with E-state index in [1.165, 1.54) is 12.8 Å². The summed E-state index contributed by atoms with van der Waals surface area (Å²) in [5.41, 5.74) is 0. The van der Waals surface area contributed by atoms with Gasteiger partial charge in [-0.15, -0.1) is 0 Å². The van der Waals surface area contributed by atoms with Gasteiger partial charge < -0.3 is 10.6 Å². The first-order valence-corrected chi connectivity index (χ1v) is 6.18. The molecule has 1 amide bonds. The molecule has 1 aliphatic carbocycles. The van der Waals surface area contributed by atoms with Gasteiger partial charge in [0.2, 0.25) is 5.91 Å². The summed E-state index contributed by atoms with van der Waals surface area (Å²) in [7, 11) is 0. The van der Waals surface area contributed by atoms with Crippen LogP contribution < -0.4 is 10.6 Å². The van der Waals surface area contributed by atoms with Gasteiger partial charge in [0.25, 0.3) is 0 Å². The van der Waals surface area contributed by atoms with Crippen molar-refractivity contribution in [1.82, 2.24) is 10.6 Å². The maximum absolute atomic E-state index is 11.2. The first-order valence-electron chi connectivity index (χ1n) is 6.18. The van der Waals surface area contributed by atoms with Crippen molar-refractivity contribution in [1.29, 1.82) is 0 Å². The monoisotopic (exact) mass is 212 g/mol. The van der Waals surface area contributed by atoms with Crippen LogP contribution in [0.25, 0.3) is 0 Å². The first kappa shape index (κ1) is 12.5. The Morgan fingerprint density at radius 3 is 2.60 bits per heavy atom. The molecule has 0 heterocycles. The molecule has 0 radical (unpaired) electrons. The maximum Gasteiger partial charge on any atom is 0.223 e. The molecule has 0 atom stereocenters. The summed E-state index contributed by atoms with van der Waals surface area (Å²) >= 11 is 0. The second-order valence-corrected chi connectivity index (χ2v) is 4.85. The molecule has 3 nitrogen and oxygen atoms in total. The Balaban J connectivity index is 1.78. The van der Waals surface area contributed by atoms with E-state index in [0.717, 1.165) is 38.4 Å². The molecule has 1 fully saturated rings. The summed E-state index contributed by atoms with van der Waals surface area (Å²) in [5, 5.41) is 6.28. The molecule has 0 aliphatic heterocycles. The van der Waals surface area contributed by atoms with Gasteiger partial charge in [0.05, 0.1) is 0 Å². The van der Waals surface area contributed by atoms with Gasteiger partial charge in [-0.1, -0.05) is 13.8 Å². The van der Waals surface area contributed by atoms with Gasteiger partial charge in [-0.2, -0.15) is 0 Å². The third kappa shape index (κ3) is 6.50. The van der Waals surface area contributed by atoms with E-state index in [4.69, 9.17) is 0 Å². The van der Waals surface area contributed by atoms with Gasteiger partial charge in [-0.25, -0.2) is 0 Å². The zero-order valence-electron chi connectivity index (χ0n) is 10.0. The lowest BCUT2D eigenvalue weighted by atomic mass is 10.1. The van der Waals surface area contributed by atoms with Gasteiger partial charge in [0.15, 0.2) is 0 Å². The third-order valence-corrected chi connectivity index (χ3v) is 2.68. The van der Waals surface area contributed by atoms with Crippen LogP contribution in [0.5, 0.6) is 0 Å². The van der Waals surface area contributed by atoms with Crippen molar-refractivity contribution in [2.45, 2.75) is 39.5 Å². The molecule has 0 bridgehead atoms. The van der Waals surface area contributed by atoms with Crippen LogP contribution in [0.2, 0.25) is 0 Å². The number of hydrogen-bond acceptors (Lipinski definition) is 2. The smallest absolute Gasteiger partial charge is 0.223 e. The molecule has 1 aliphatic rings. The van der Waals surface area contributed by atoms with Gasteiger partial charge in [-0.3, -0.25) is 4.79 Å². The van der Waals surface area contributed by atoms with Crippen LogP contribution in [0, 0.1) is 11.8 Å². The molecule has 3 heteroatoms. The quantitative estimate of drug-likeness (QED) is 0.599. The molecule has 15 heavy (non-hydrogen) atoms. The second-order valence-electron chi connectivity index (χ2n) is 4.85. The normalized spacial score (nSPS) is 15.7. The van der Waals surface area contributed by atoms with Crippen LogP contribution in [-0.2, 0) is 4.79 Å². The van der Waals surface area contributed by atoms with Crippen molar-refractivity contribution < 1.29 is 4.79 Å². The van der Waals surface area contributed by atoms with E-state index < -0.39 is 0 Å². The van der Waals surface area contributed by atoms with E-state index in [2.05, 4.69) is 24.5 Å². The molecule has 0 spiro atoms. The summed E-state index contributed by atoms with van der Waals surface area (Å²) in [6, 6.07) is 0. The summed E-state index contributed by atoms with van der Waals surface area (Å²) in [4.78, 5) is 11.2. The lowest BCUT2D eigenvalue weighted by molar-refractivity contribution is -0.122. The lowest BCUT2D eigenvalue weighted by Gasteiger charge is -2.07. The van der Waals surface area contributed by atoms with E-state index in [1.807, 2.05) is 0 Å². The highest BCUT2D eigenvalue weighted by Crippen LogP contribution is 2.28. The zero-order valence-corrected chi connectivity index (χ0v) is 10.0. The molecule has 88 valence electrons. The molecule has 0 aromatic rings. The predicted octanol–water partition coefficient (Wildman–Crippen LogP) is 1.54. The largest absolute Gasteiger partial charge is 0.355 e. The van der Waals surface area contributed by atoms with Crippen LogP contribution in [0.1, 0.15) is 39.5 Å². The fourth-order valence-electron chi connectivity index (χ4n) is 1.52. The van der Waals surface area contributed by atoms with Crippen LogP contribution >= 0.6 is 0 Å². The van der Waals surface area contributed by atoms with Crippen LogP contribution in [0.3, 0.4) is 0 Å². The molecule has 0 aromatic carbocycles. The first-order chi connectivity index (χ1) is 7.20. The lowest BCUT2D eigenvalue weighted by Crippen LogP contribution is -2.33. The fraction of sp³-hybridized carbons (Fsp3) is 0.917. The Morgan fingerprint density at radius 2 is 2.00 bits per heavy atom. The molecule has 0 saturated heterocycles. The molecular formula is C12H24N2O. The van der Waals surface area contributed by atoms with Crippen molar-refractivity contribution in [3.63, 3.8) is 0 Å². The second kappa shape index (κ2) is 6.83. The van der Waals surface area contributed by atoms with E-state index in [0.29, 0.717) is 5.92 Å². The highest BCUT2D eigenvalue weighted by molar-refractivity contribution is 5.80. The zero-order chi connectivity index (χ0) is 11.1. The number of amides is 1. The van der Waals surface area contributed by atoms with E-state index >= 15 is 0 Å². The van der Waals surface area contributed by atoms with E-state index in [1.54, 1.807) is 0 Å². The molecule has 0 aromatic heterocycles. The van der Waals surface area contributed by atoms with Crippen LogP contribution in [0.4, 0.5) is 0 Å². The van der Waals surface area contributed by atoms with Crippen molar-refractivity contribution in [3.05, 3.63) is 0 Å². The Bertz CT molecular complexity index is 188. The molecule has 1 saturated carbocycles. The number of carbonyl (C=O) groups excluding carboxylic acids is 1. The number of rotatable bonds is 8. The number of carbonyl (C=O) groups is 1. The SMILES string of the molecule is CC(C)CCCNCCNC(=O)C1CC1. The highest BCUT2D eigenvalue weighted by atomic mass is 16.2. The molecular weight excluding hydrogens is 188 g/mol. The van der Waals surface area contributed by atoms with Crippen LogP contribution in [-0.4, -0.2) is 25.5 Å². The van der Waals surface area contributed by atoms with Crippen molar-refractivity contribution in [2.75, 3.05) is 19.6 Å². The Hall–Kier alpha value is -0.570. The van der Waals surface area contributed by atoms with Crippen LogP contribution in [0.15, 0.2) is 0 Å². The fourth-order valence-corrected chi connectivity index (χ4v) is 1.52. The van der Waals surface area contributed by atoms with Gasteiger partial charge in [-0.05, 0) is 38.1 Å². The average Bonchev–Trinajstić information content (AvgIpc) is 2.98. The summed E-state index contributed by atoms with van der Waals surface area (Å²) in [6.07, 6.45) is 4.69. The molecule has 2 N–H and O–H groups in total. The number of hydrogen-bond donors (Lipinski definition) is 2. The average molecular weight is 212 g/mol. The minimum absolute atomic E-state index is 0.249. The van der Waals surface area contributed by atoms with Gasteiger partial charge >= 0.3 is 0 Å². The standard InChI is InChI=1S/C12H24N2O/c1-10(2)4-3-7-13-8-9-14-12(15)11-5-6-11/h10-11,13H,3-9H2,1-2H3,(H,14,15). The third-order valence-electron chi connectivity index (χ3n) is 2.68. The van der Waals surface area contributed by atoms with E-state index in [9.17, 15) is 4.79 Å².